The van der Waals surface area contributed by atoms with Crippen LogP contribution in [-0.4, -0.2) is 70.2 Å². The summed E-state index contributed by atoms with van der Waals surface area (Å²) in [6.45, 7) is 5.47. The SMILES string of the molecule is Cc1ccn(-c2ccc(N3CCN(C(=O)c4cccc5c4OCCO5)CC3)nn2)n1. The number of benzene rings is 1. The minimum Gasteiger partial charge on any atom is -0.486 e. The molecule has 2 aliphatic heterocycles. The van der Waals surface area contributed by atoms with Gasteiger partial charge >= 0.3 is 0 Å². The molecule has 9 heteroatoms. The van der Waals surface area contributed by atoms with Gasteiger partial charge in [-0.1, -0.05) is 6.07 Å². The monoisotopic (exact) mass is 406 g/mol. The van der Waals surface area contributed by atoms with Gasteiger partial charge < -0.3 is 19.3 Å². The van der Waals surface area contributed by atoms with E-state index < -0.39 is 0 Å². The average Bonchev–Trinajstić information content (AvgIpc) is 3.25. The van der Waals surface area contributed by atoms with Crippen LogP contribution in [0, 0.1) is 6.92 Å². The minimum absolute atomic E-state index is 0.0347. The van der Waals surface area contributed by atoms with Crippen LogP contribution in [0.2, 0.25) is 0 Å². The number of carbonyl (C=O) groups is 1. The lowest BCUT2D eigenvalue weighted by Gasteiger charge is -2.35. The Kier molecular flexibility index (Phi) is 4.70. The summed E-state index contributed by atoms with van der Waals surface area (Å²) in [5.41, 5.74) is 1.48. The molecular formula is C21H22N6O3. The lowest BCUT2D eigenvalue weighted by Crippen LogP contribution is -2.49. The van der Waals surface area contributed by atoms with Crippen molar-refractivity contribution in [3.05, 3.63) is 53.9 Å². The summed E-state index contributed by atoms with van der Waals surface area (Å²) >= 11 is 0. The fourth-order valence-electron chi connectivity index (χ4n) is 3.70. The first-order valence-electron chi connectivity index (χ1n) is 9.98. The van der Waals surface area contributed by atoms with Crippen molar-refractivity contribution in [1.29, 1.82) is 0 Å². The van der Waals surface area contributed by atoms with Gasteiger partial charge in [-0.25, -0.2) is 4.68 Å². The van der Waals surface area contributed by atoms with E-state index in [1.54, 1.807) is 10.7 Å². The third-order valence-corrected chi connectivity index (χ3v) is 5.28. The number of anilines is 1. The Bertz CT molecular complexity index is 1060. The van der Waals surface area contributed by atoms with E-state index >= 15 is 0 Å². The molecule has 0 N–H and O–H groups in total. The Hall–Kier alpha value is -3.62. The molecule has 3 aromatic rings. The fraction of sp³-hybridized carbons (Fsp3) is 0.333. The zero-order chi connectivity index (χ0) is 20.5. The Labute approximate surface area is 173 Å². The van der Waals surface area contributed by atoms with Gasteiger partial charge in [0.15, 0.2) is 23.1 Å². The summed E-state index contributed by atoms with van der Waals surface area (Å²) in [6, 6.07) is 11.2. The van der Waals surface area contributed by atoms with Gasteiger partial charge in [0.2, 0.25) is 0 Å². The third-order valence-electron chi connectivity index (χ3n) is 5.28. The van der Waals surface area contributed by atoms with Crippen LogP contribution < -0.4 is 14.4 Å². The van der Waals surface area contributed by atoms with Crippen molar-refractivity contribution in [3.8, 4) is 17.3 Å². The largest absolute Gasteiger partial charge is 0.486 e. The maximum Gasteiger partial charge on any atom is 0.257 e. The van der Waals surface area contributed by atoms with Crippen molar-refractivity contribution >= 4 is 11.7 Å². The molecule has 0 saturated carbocycles. The third kappa shape index (κ3) is 3.42. The number of amides is 1. The van der Waals surface area contributed by atoms with Gasteiger partial charge in [-0.15, -0.1) is 10.2 Å². The molecule has 0 spiro atoms. The summed E-state index contributed by atoms with van der Waals surface area (Å²) in [6.07, 6.45) is 1.86. The summed E-state index contributed by atoms with van der Waals surface area (Å²) in [5.74, 6) is 2.62. The molecule has 154 valence electrons. The van der Waals surface area contributed by atoms with E-state index in [1.165, 1.54) is 0 Å². The van der Waals surface area contributed by atoms with E-state index in [1.807, 2.05) is 48.4 Å². The number of aromatic nitrogens is 4. The van der Waals surface area contributed by atoms with Crippen LogP contribution in [0.3, 0.4) is 0 Å². The number of piperazine rings is 1. The quantitative estimate of drug-likeness (QED) is 0.654. The lowest BCUT2D eigenvalue weighted by molar-refractivity contribution is 0.0736. The van der Waals surface area contributed by atoms with Gasteiger partial charge in [-0.3, -0.25) is 4.79 Å². The van der Waals surface area contributed by atoms with Crippen LogP contribution in [-0.2, 0) is 0 Å². The molecule has 0 atom stereocenters. The number of hydrogen-bond acceptors (Lipinski definition) is 7. The zero-order valence-corrected chi connectivity index (χ0v) is 16.7. The molecule has 1 fully saturated rings. The van der Waals surface area contributed by atoms with Crippen molar-refractivity contribution in [2.24, 2.45) is 0 Å². The highest BCUT2D eigenvalue weighted by Gasteiger charge is 2.27. The number of para-hydroxylation sites is 1. The maximum atomic E-state index is 13.1. The second-order valence-electron chi connectivity index (χ2n) is 7.26. The van der Waals surface area contributed by atoms with Crippen LogP contribution >= 0.6 is 0 Å². The Balaban J connectivity index is 1.25. The molecular weight excluding hydrogens is 384 g/mol. The number of fused-ring (bicyclic) bond motifs is 1. The predicted molar refractivity (Wildman–Crippen MR) is 109 cm³/mol. The number of rotatable bonds is 3. The standard InChI is InChI=1S/C21H22N6O3/c1-15-7-8-27(24-15)19-6-5-18(22-23-19)25-9-11-26(12-10-25)21(28)16-3-2-4-17-20(16)30-14-13-29-17/h2-8H,9-14H2,1H3. The topological polar surface area (TPSA) is 85.6 Å². The van der Waals surface area contributed by atoms with Crippen molar-refractivity contribution in [2.75, 3.05) is 44.3 Å². The lowest BCUT2D eigenvalue weighted by atomic mass is 10.1. The van der Waals surface area contributed by atoms with E-state index in [0.29, 0.717) is 62.3 Å². The fourth-order valence-corrected chi connectivity index (χ4v) is 3.70. The van der Waals surface area contributed by atoms with Crippen LogP contribution in [0.5, 0.6) is 11.5 Å². The summed E-state index contributed by atoms with van der Waals surface area (Å²) in [4.78, 5) is 17.0. The molecule has 30 heavy (non-hydrogen) atoms. The molecule has 1 saturated heterocycles. The van der Waals surface area contributed by atoms with Crippen LogP contribution in [0.15, 0.2) is 42.6 Å². The minimum atomic E-state index is -0.0347. The normalized spacial score (nSPS) is 15.9. The van der Waals surface area contributed by atoms with Gasteiger partial charge in [0, 0.05) is 32.4 Å². The van der Waals surface area contributed by atoms with E-state index in [-0.39, 0.29) is 5.91 Å². The number of ether oxygens (including phenoxy) is 2. The highest BCUT2D eigenvalue weighted by Crippen LogP contribution is 2.34. The smallest absolute Gasteiger partial charge is 0.257 e. The molecule has 2 aliphatic rings. The van der Waals surface area contributed by atoms with E-state index in [9.17, 15) is 4.79 Å². The second kappa shape index (κ2) is 7.66. The molecule has 1 aromatic carbocycles. The molecule has 0 unspecified atom stereocenters. The predicted octanol–water partition coefficient (Wildman–Crippen LogP) is 1.70. The number of carbonyl (C=O) groups excluding carboxylic acids is 1. The molecule has 1 amide bonds. The zero-order valence-electron chi connectivity index (χ0n) is 16.7. The molecule has 5 rings (SSSR count). The van der Waals surface area contributed by atoms with E-state index in [0.717, 1.165) is 11.5 Å². The summed E-state index contributed by atoms with van der Waals surface area (Å²) in [5, 5.41) is 13.0. The van der Waals surface area contributed by atoms with Gasteiger partial charge in [0.05, 0.1) is 11.3 Å². The molecule has 0 aliphatic carbocycles. The van der Waals surface area contributed by atoms with Gasteiger partial charge in [-0.05, 0) is 37.3 Å². The number of aryl methyl sites for hydroxylation is 1. The van der Waals surface area contributed by atoms with Crippen molar-refractivity contribution in [3.63, 3.8) is 0 Å². The number of nitrogens with zero attached hydrogens (tertiary/aromatic N) is 6. The Morgan fingerprint density at radius 1 is 0.933 bits per heavy atom. The van der Waals surface area contributed by atoms with Gasteiger partial charge in [-0.2, -0.15) is 5.10 Å². The molecule has 2 aromatic heterocycles. The molecule has 9 nitrogen and oxygen atoms in total. The maximum absolute atomic E-state index is 13.1. The first-order valence-corrected chi connectivity index (χ1v) is 9.98. The van der Waals surface area contributed by atoms with Crippen LogP contribution in [0.1, 0.15) is 16.1 Å². The molecule has 0 radical (unpaired) electrons. The summed E-state index contributed by atoms with van der Waals surface area (Å²) in [7, 11) is 0. The van der Waals surface area contributed by atoms with Gasteiger partial charge in [0.1, 0.15) is 13.2 Å². The van der Waals surface area contributed by atoms with Gasteiger partial charge in [0.25, 0.3) is 5.91 Å². The average molecular weight is 406 g/mol. The molecule has 0 bridgehead atoms. The highest BCUT2D eigenvalue weighted by molar-refractivity contribution is 5.98. The first-order chi connectivity index (χ1) is 14.7. The highest BCUT2D eigenvalue weighted by atomic mass is 16.6. The summed E-state index contributed by atoms with van der Waals surface area (Å²) < 4.78 is 13.0. The Morgan fingerprint density at radius 2 is 1.70 bits per heavy atom. The van der Waals surface area contributed by atoms with Crippen LogP contribution in [0.25, 0.3) is 5.82 Å². The van der Waals surface area contributed by atoms with Crippen LogP contribution in [0.4, 0.5) is 5.82 Å². The van der Waals surface area contributed by atoms with Crippen molar-refractivity contribution in [1.82, 2.24) is 24.9 Å². The Morgan fingerprint density at radius 3 is 2.43 bits per heavy atom. The number of hydrogen-bond donors (Lipinski definition) is 0. The van der Waals surface area contributed by atoms with Crippen molar-refractivity contribution < 1.29 is 14.3 Å². The van der Waals surface area contributed by atoms with E-state index in [2.05, 4.69) is 20.2 Å². The second-order valence-corrected chi connectivity index (χ2v) is 7.26. The molecule has 4 heterocycles. The van der Waals surface area contributed by atoms with Crippen molar-refractivity contribution in [2.45, 2.75) is 6.92 Å². The first kappa shape index (κ1) is 18.4. The van der Waals surface area contributed by atoms with E-state index in [4.69, 9.17) is 9.47 Å².